The predicted octanol–water partition coefficient (Wildman–Crippen LogP) is -0.190. The number of benzene rings is 1. The number of alkyl halides is 3. The van der Waals surface area contributed by atoms with Gasteiger partial charge in [0.15, 0.2) is 5.75 Å². The zero-order valence-electron chi connectivity index (χ0n) is 10.9. The number of para-hydroxylation sites is 1. The summed E-state index contributed by atoms with van der Waals surface area (Å²) in [5.74, 6) is -1.45. The second-order valence-corrected chi connectivity index (χ2v) is 3.63. The number of fused-ring (bicyclic) bond motifs is 1. The van der Waals surface area contributed by atoms with Crippen LogP contribution in [0.5, 0.6) is 5.75 Å². The molecule has 0 aliphatic rings. The summed E-state index contributed by atoms with van der Waals surface area (Å²) >= 11 is 0. The minimum absolute atomic E-state index is 0. The average Bonchev–Trinajstić information content (AvgIpc) is 2.57. The number of H-pyrrole nitrogens is 1. The van der Waals surface area contributed by atoms with Gasteiger partial charge in [0.05, 0.1) is 11.9 Å². The number of carboxylic acids is 1. The normalized spacial score (nSPS) is 11.1. The Morgan fingerprint density at radius 1 is 1.42 bits per heavy atom. The van der Waals surface area contributed by atoms with Crippen LogP contribution in [-0.4, -0.2) is 22.4 Å². The number of halogens is 3. The van der Waals surface area contributed by atoms with Crippen molar-refractivity contribution in [3.05, 3.63) is 30.0 Å². The number of aromatic amines is 1. The van der Waals surface area contributed by atoms with Gasteiger partial charge in [-0.15, -0.1) is 13.2 Å². The molecular formula is C11H9F3LiNO3. The third kappa shape index (κ3) is 3.94. The third-order valence-electron chi connectivity index (χ3n) is 2.24. The fourth-order valence-corrected chi connectivity index (χ4v) is 1.65. The van der Waals surface area contributed by atoms with Crippen LogP contribution in [0.3, 0.4) is 0 Å². The maximum atomic E-state index is 12.2. The monoisotopic (exact) mass is 267 g/mol. The van der Waals surface area contributed by atoms with E-state index in [0.717, 1.165) is 6.07 Å². The van der Waals surface area contributed by atoms with E-state index in [2.05, 4.69) is 9.72 Å². The van der Waals surface area contributed by atoms with Crippen molar-refractivity contribution < 1.29 is 48.1 Å². The van der Waals surface area contributed by atoms with Crippen molar-refractivity contribution in [3.8, 4) is 5.75 Å². The van der Waals surface area contributed by atoms with Gasteiger partial charge in [0.25, 0.3) is 0 Å². The van der Waals surface area contributed by atoms with Crippen LogP contribution >= 0.6 is 0 Å². The maximum absolute atomic E-state index is 12.2. The zero-order chi connectivity index (χ0) is 13.3. The molecule has 0 aliphatic carbocycles. The zero-order valence-corrected chi connectivity index (χ0v) is 9.91. The van der Waals surface area contributed by atoms with Crippen LogP contribution in [0.15, 0.2) is 24.3 Å². The van der Waals surface area contributed by atoms with E-state index in [-0.39, 0.29) is 38.0 Å². The molecule has 98 valence electrons. The molecule has 1 heterocycles. The summed E-state index contributed by atoms with van der Waals surface area (Å²) in [7, 11) is 0. The number of nitrogens with one attached hydrogen (secondary N) is 1. The number of rotatable bonds is 3. The summed E-state index contributed by atoms with van der Waals surface area (Å²) < 4.78 is 40.3. The Morgan fingerprint density at radius 3 is 2.68 bits per heavy atom. The molecule has 8 heteroatoms. The van der Waals surface area contributed by atoms with E-state index in [1.807, 2.05) is 0 Å². The van der Waals surface area contributed by atoms with Crippen molar-refractivity contribution >= 4 is 16.9 Å². The molecule has 0 fully saturated rings. The Balaban J connectivity index is 0.00000180. The van der Waals surface area contributed by atoms with Gasteiger partial charge < -0.3 is 16.3 Å². The smallest absolute Gasteiger partial charge is 1.00 e. The number of aromatic nitrogens is 1. The molecule has 2 rings (SSSR count). The summed E-state index contributed by atoms with van der Waals surface area (Å²) in [6.07, 6.45) is -5.08. The number of carbonyl (C=O) groups is 1. The fourth-order valence-electron chi connectivity index (χ4n) is 1.65. The Hall–Kier alpha value is -1.58. The van der Waals surface area contributed by atoms with E-state index in [1.54, 1.807) is 6.07 Å². The summed E-state index contributed by atoms with van der Waals surface area (Å²) in [6, 6.07) is 5.62. The Kier molecular flexibility index (Phi) is 4.55. The van der Waals surface area contributed by atoms with Crippen molar-refractivity contribution in [1.82, 2.24) is 4.98 Å². The number of carboxylic acid groups (broad SMARTS) is 1. The first-order chi connectivity index (χ1) is 8.35. The molecule has 2 N–H and O–H groups in total. The van der Waals surface area contributed by atoms with Crippen molar-refractivity contribution in [2.75, 3.05) is 0 Å². The SMILES string of the molecule is O=C(O)Cc1cc2cccc(OC(F)(F)F)c2[nH]1.[H-].[Li+]. The Bertz CT molecular complexity index is 600. The van der Waals surface area contributed by atoms with Crippen LogP contribution in [0.1, 0.15) is 7.12 Å². The van der Waals surface area contributed by atoms with Gasteiger partial charge in [-0.05, 0) is 12.1 Å². The quantitative estimate of drug-likeness (QED) is 0.758. The second kappa shape index (κ2) is 5.59. The average molecular weight is 267 g/mol. The topological polar surface area (TPSA) is 62.3 Å². The van der Waals surface area contributed by atoms with Crippen molar-refractivity contribution in [1.29, 1.82) is 0 Å². The molecule has 0 saturated heterocycles. The van der Waals surface area contributed by atoms with E-state index in [4.69, 9.17) is 5.11 Å². The van der Waals surface area contributed by atoms with Gasteiger partial charge in [-0.1, -0.05) is 12.1 Å². The van der Waals surface area contributed by atoms with Crippen molar-refractivity contribution in [3.63, 3.8) is 0 Å². The Morgan fingerprint density at radius 2 is 2.11 bits per heavy atom. The molecular weight excluding hydrogens is 258 g/mol. The van der Waals surface area contributed by atoms with Gasteiger partial charge >= 0.3 is 31.2 Å². The first-order valence-electron chi connectivity index (χ1n) is 4.93. The van der Waals surface area contributed by atoms with Gasteiger partial charge in [0.2, 0.25) is 0 Å². The van der Waals surface area contributed by atoms with Gasteiger partial charge in [-0.2, -0.15) is 0 Å². The molecule has 0 spiro atoms. The molecule has 0 amide bonds. The minimum Gasteiger partial charge on any atom is -1.00 e. The molecule has 0 radical (unpaired) electrons. The fraction of sp³-hybridized carbons (Fsp3) is 0.182. The molecule has 19 heavy (non-hydrogen) atoms. The predicted molar refractivity (Wildman–Crippen MR) is 57.4 cm³/mol. The number of hydrogen-bond acceptors (Lipinski definition) is 2. The molecule has 0 bridgehead atoms. The molecule has 1 aromatic heterocycles. The van der Waals surface area contributed by atoms with Crippen LogP contribution in [0, 0.1) is 0 Å². The van der Waals surface area contributed by atoms with E-state index in [0.29, 0.717) is 11.1 Å². The first kappa shape index (κ1) is 15.5. The molecule has 0 atom stereocenters. The van der Waals surface area contributed by atoms with Crippen LogP contribution in [-0.2, 0) is 11.2 Å². The summed E-state index contributed by atoms with van der Waals surface area (Å²) in [6.45, 7) is 0. The molecule has 0 unspecified atom stereocenters. The van der Waals surface area contributed by atoms with Crippen LogP contribution in [0.2, 0.25) is 0 Å². The van der Waals surface area contributed by atoms with Crippen LogP contribution < -0.4 is 23.6 Å². The van der Waals surface area contributed by atoms with E-state index in [9.17, 15) is 18.0 Å². The maximum Gasteiger partial charge on any atom is 1.00 e. The van der Waals surface area contributed by atoms with Gasteiger partial charge in [0, 0.05) is 11.1 Å². The Labute approximate surface area is 119 Å². The molecule has 2 aromatic rings. The number of aliphatic carboxylic acids is 1. The van der Waals surface area contributed by atoms with Gasteiger partial charge in [-0.25, -0.2) is 0 Å². The number of hydrogen-bond donors (Lipinski definition) is 2. The van der Waals surface area contributed by atoms with E-state index >= 15 is 0 Å². The van der Waals surface area contributed by atoms with Crippen molar-refractivity contribution in [2.24, 2.45) is 0 Å². The van der Waals surface area contributed by atoms with Crippen LogP contribution in [0.25, 0.3) is 10.9 Å². The summed E-state index contributed by atoms with van der Waals surface area (Å²) in [5, 5.41) is 9.08. The molecule has 0 saturated carbocycles. The standard InChI is InChI=1S/C11H8F3NO3.Li.H/c12-11(13,14)18-8-3-1-2-6-4-7(5-9(16)17)15-10(6)8;;/h1-4,15H,5H2,(H,16,17);;/q;+1;-1. The first-order valence-corrected chi connectivity index (χ1v) is 4.93. The third-order valence-corrected chi connectivity index (χ3v) is 2.24. The van der Waals surface area contributed by atoms with Crippen LogP contribution in [0.4, 0.5) is 13.2 Å². The van der Waals surface area contributed by atoms with E-state index in [1.165, 1.54) is 12.1 Å². The molecule has 1 aromatic carbocycles. The molecule has 4 nitrogen and oxygen atoms in total. The largest absolute Gasteiger partial charge is 1.00 e. The minimum atomic E-state index is -4.79. The summed E-state index contributed by atoms with van der Waals surface area (Å²) in [4.78, 5) is 13.1. The van der Waals surface area contributed by atoms with E-state index < -0.39 is 12.3 Å². The van der Waals surface area contributed by atoms with Gasteiger partial charge in [-0.3, -0.25) is 4.79 Å². The van der Waals surface area contributed by atoms with Gasteiger partial charge in [0.1, 0.15) is 0 Å². The van der Waals surface area contributed by atoms with Crippen molar-refractivity contribution in [2.45, 2.75) is 12.8 Å². The second-order valence-electron chi connectivity index (χ2n) is 3.63. The molecule has 0 aliphatic heterocycles. The number of ether oxygens (including phenoxy) is 1. The summed E-state index contributed by atoms with van der Waals surface area (Å²) in [5.41, 5.74) is 0.446.